The van der Waals surface area contributed by atoms with Crippen molar-refractivity contribution in [1.29, 1.82) is 0 Å². The van der Waals surface area contributed by atoms with E-state index in [0.717, 1.165) is 37.4 Å². The molecule has 1 heterocycles. The molecule has 1 aromatic carbocycles. The molecule has 0 radical (unpaired) electrons. The van der Waals surface area contributed by atoms with Gasteiger partial charge in [0.2, 0.25) is 0 Å². The van der Waals surface area contributed by atoms with Gasteiger partial charge in [0.1, 0.15) is 5.75 Å². The lowest BCUT2D eigenvalue weighted by atomic mass is 10.3. The summed E-state index contributed by atoms with van der Waals surface area (Å²) in [6.45, 7) is 6.12. The third kappa shape index (κ3) is 4.60. The molecule has 2 rings (SSSR count). The fourth-order valence-corrected chi connectivity index (χ4v) is 1.71. The van der Waals surface area contributed by atoms with Gasteiger partial charge in [-0.25, -0.2) is 4.68 Å². The van der Waals surface area contributed by atoms with Crippen LogP contribution in [0.15, 0.2) is 49.3 Å². The van der Waals surface area contributed by atoms with Gasteiger partial charge in [0.15, 0.2) is 0 Å². The van der Waals surface area contributed by atoms with Crippen molar-refractivity contribution in [2.45, 2.75) is 13.0 Å². The molecule has 0 spiro atoms. The van der Waals surface area contributed by atoms with Crippen molar-refractivity contribution in [2.24, 2.45) is 0 Å². The molecule has 0 saturated carbocycles. The quantitative estimate of drug-likeness (QED) is 0.739. The highest BCUT2D eigenvalue weighted by Gasteiger charge is 1.96. The van der Waals surface area contributed by atoms with Crippen LogP contribution in [0.4, 0.5) is 0 Å². The van der Waals surface area contributed by atoms with E-state index in [1.807, 2.05) is 42.7 Å². The molecule has 2 aromatic rings. The summed E-state index contributed by atoms with van der Waals surface area (Å²) >= 11 is 0. The summed E-state index contributed by atoms with van der Waals surface area (Å²) in [5, 5.41) is 7.48. The first-order valence-corrected chi connectivity index (χ1v) is 6.42. The molecule has 0 aliphatic rings. The monoisotopic (exact) mass is 257 g/mol. The number of benzene rings is 1. The lowest BCUT2D eigenvalue weighted by Crippen LogP contribution is -2.16. The van der Waals surface area contributed by atoms with E-state index in [9.17, 15) is 0 Å². The van der Waals surface area contributed by atoms with Crippen molar-refractivity contribution < 1.29 is 4.74 Å². The molecule has 4 nitrogen and oxygen atoms in total. The zero-order valence-corrected chi connectivity index (χ0v) is 11.0. The molecule has 0 saturated heterocycles. The van der Waals surface area contributed by atoms with Crippen molar-refractivity contribution in [3.8, 4) is 5.75 Å². The number of rotatable bonds is 8. The summed E-state index contributed by atoms with van der Waals surface area (Å²) < 4.78 is 7.31. The number of ether oxygens (including phenoxy) is 1. The van der Waals surface area contributed by atoms with Crippen LogP contribution in [0.5, 0.6) is 5.75 Å². The van der Waals surface area contributed by atoms with Crippen molar-refractivity contribution >= 4 is 6.20 Å². The Morgan fingerprint density at radius 3 is 2.89 bits per heavy atom. The summed E-state index contributed by atoms with van der Waals surface area (Å²) in [5.41, 5.74) is 1.16. The maximum Gasteiger partial charge on any atom is 0.119 e. The normalized spacial score (nSPS) is 10.3. The second kappa shape index (κ2) is 7.38. The topological polar surface area (TPSA) is 39.1 Å². The molecule has 0 bridgehead atoms. The number of hydrogen-bond acceptors (Lipinski definition) is 3. The fourth-order valence-electron chi connectivity index (χ4n) is 1.71. The second-order valence-corrected chi connectivity index (χ2v) is 4.20. The van der Waals surface area contributed by atoms with E-state index < -0.39 is 0 Å². The molecule has 0 aliphatic heterocycles. The average molecular weight is 257 g/mol. The minimum absolute atomic E-state index is 0.725. The minimum Gasteiger partial charge on any atom is -0.494 e. The number of para-hydroxylation sites is 1. The van der Waals surface area contributed by atoms with E-state index in [1.54, 1.807) is 10.9 Å². The van der Waals surface area contributed by atoms with Gasteiger partial charge in [-0.1, -0.05) is 24.8 Å². The molecule has 0 aliphatic carbocycles. The molecule has 0 unspecified atom stereocenters. The number of aromatic nitrogens is 2. The lowest BCUT2D eigenvalue weighted by Gasteiger charge is -2.06. The average Bonchev–Trinajstić information content (AvgIpc) is 2.92. The molecule has 0 amide bonds. The van der Waals surface area contributed by atoms with Crippen molar-refractivity contribution in [3.05, 3.63) is 54.9 Å². The van der Waals surface area contributed by atoms with E-state index in [0.29, 0.717) is 0 Å². The van der Waals surface area contributed by atoms with E-state index in [1.165, 1.54) is 0 Å². The van der Waals surface area contributed by atoms with Crippen LogP contribution in [0, 0.1) is 0 Å². The van der Waals surface area contributed by atoms with E-state index in [2.05, 4.69) is 17.0 Å². The van der Waals surface area contributed by atoms with Crippen LogP contribution < -0.4 is 10.1 Å². The summed E-state index contributed by atoms with van der Waals surface area (Å²) in [6.07, 6.45) is 6.46. The van der Waals surface area contributed by atoms with Gasteiger partial charge in [0, 0.05) is 24.5 Å². The Balaban J connectivity index is 1.56. The van der Waals surface area contributed by atoms with E-state index in [4.69, 9.17) is 4.74 Å². The molecular formula is C15H19N3O. The first-order chi connectivity index (χ1) is 9.38. The van der Waals surface area contributed by atoms with Gasteiger partial charge >= 0.3 is 0 Å². The molecule has 1 aromatic heterocycles. The van der Waals surface area contributed by atoms with Crippen LogP contribution in [0.2, 0.25) is 0 Å². The van der Waals surface area contributed by atoms with E-state index in [-0.39, 0.29) is 0 Å². The highest BCUT2D eigenvalue weighted by molar-refractivity contribution is 5.20. The fraction of sp³-hybridized carbons (Fsp3) is 0.267. The van der Waals surface area contributed by atoms with Crippen LogP contribution in [-0.2, 0) is 6.54 Å². The van der Waals surface area contributed by atoms with Crippen molar-refractivity contribution in [2.75, 3.05) is 13.2 Å². The summed E-state index contributed by atoms with van der Waals surface area (Å²) in [4.78, 5) is 0. The Morgan fingerprint density at radius 2 is 2.16 bits per heavy atom. The third-order valence-electron chi connectivity index (χ3n) is 2.68. The second-order valence-electron chi connectivity index (χ2n) is 4.20. The maximum absolute atomic E-state index is 5.61. The summed E-state index contributed by atoms with van der Waals surface area (Å²) in [5.74, 6) is 0.926. The van der Waals surface area contributed by atoms with Gasteiger partial charge in [0.05, 0.1) is 12.8 Å². The van der Waals surface area contributed by atoms with Gasteiger partial charge in [-0.3, -0.25) is 0 Å². The molecule has 1 N–H and O–H groups in total. The molecule has 0 fully saturated rings. The maximum atomic E-state index is 5.61. The van der Waals surface area contributed by atoms with Crippen molar-refractivity contribution in [3.63, 3.8) is 0 Å². The first kappa shape index (κ1) is 13.4. The number of nitrogens with zero attached hydrogens (tertiary/aromatic N) is 2. The Morgan fingerprint density at radius 1 is 1.32 bits per heavy atom. The molecule has 0 atom stereocenters. The summed E-state index contributed by atoms with van der Waals surface area (Å²) in [7, 11) is 0. The number of hydrogen-bond donors (Lipinski definition) is 1. The minimum atomic E-state index is 0.725. The van der Waals surface area contributed by atoms with Crippen LogP contribution in [0.25, 0.3) is 6.20 Å². The SMILES string of the molecule is C=Cn1cc(CNCCCOc2ccccc2)cn1. The highest BCUT2D eigenvalue weighted by Crippen LogP contribution is 2.08. The van der Waals surface area contributed by atoms with Crippen LogP contribution >= 0.6 is 0 Å². The van der Waals surface area contributed by atoms with Gasteiger partial charge in [0.25, 0.3) is 0 Å². The first-order valence-electron chi connectivity index (χ1n) is 6.42. The molecule has 4 heteroatoms. The Kier molecular flexibility index (Phi) is 5.19. The van der Waals surface area contributed by atoms with Gasteiger partial charge in [-0.15, -0.1) is 0 Å². The van der Waals surface area contributed by atoms with Gasteiger partial charge < -0.3 is 10.1 Å². The van der Waals surface area contributed by atoms with E-state index >= 15 is 0 Å². The highest BCUT2D eigenvalue weighted by atomic mass is 16.5. The zero-order chi connectivity index (χ0) is 13.3. The molecule has 19 heavy (non-hydrogen) atoms. The smallest absolute Gasteiger partial charge is 0.119 e. The summed E-state index contributed by atoms with van der Waals surface area (Å²) in [6, 6.07) is 9.88. The zero-order valence-electron chi connectivity index (χ0n) is 11.0. The lowest BCUT2D eigenvalue weighted by molar-refractivity contribution is 0.308. The van der Waals surface area contributed by atoms with Crippen LogP contribution in [0.1, 0.15) is 12.0 Å². The molecule has 100 valence electrons. The third-order valence-corrected chi connectivity index (χ3v) is 2.68. The van der Waals surface area contributed by atoms with Gasteiger partial charge in [-0.05, 0) is 25.1 Å². The standard InChI is InChI=1S/C15H19N3O/c1-2-18-13-14(12-17-18)11-16-9-6-10-19-15-7-4-3-5-8-15/h2-5,7-8,12-13,16H,1,6,9-11H2. The predicted octanol–water partition coefficient (Wildman–Crippen LogP) is 2.54. The van der Waals surface area contributed by atoms with Gasteiger partial charge in [-0.2, -0.15) is 5.10 Å². The Hall–Kier alpha value is -2.07. The van der Waals surface area contributed by atoms with Crippen molar-refractivity contribution in [1.82, 2.24) is 15.1 Å². The predicted molar refractivity (Wildman–Crippen MR) is 76.9 cm³/mol. The Labute approximate surface area is 113 Å². The number of nitrogens with one attached hydrogen (secondary N) is 1. The van der Waals surface area contributed by atoms with Crippen LogP contribution in [-0.4, -0.2) is 22.9 Å². The molecular weight excluding hydrogens is 238 g/mol. The largest absolute Gasteiger partial charge is 0.494 e. The van der Waals surface area contributed by atoms with Crippen LogP contribution in [0.3, 0.4) is 0 Å². The Bertz CT molecular complexity index is 493.